The molecule has 182 valence electrons. The van der Waals surface area contributed by atoms with Crippen LogP contribution in [0.1, 0.15) is 19.4 Å². The van der Waals surface area contributed by atoms with Gasteiger partial charge in [0.05, 0.1) is 5.75 Å². The minimum atomic E-state index is -0.885. The van der Waals surface area contributed by atoms with Crippen LogP contribution in [0.25, 0.3) is 0 Å². The molecule has 9 heteroatoms. The molecule has 1 aliphatic heterocycles. The third-order valence-corrected chi connectivity index (χ3v) is 6.62. The van der Waals surface area contributed by atoms with Crippen LogP contribution in [0, 0.1) is 5.82 Å². The van der Waals surface area contributed by atoms with Crippen LogP contribution in [0.4, 0.5) is 10.1 Å². The van der Waals surface area contributed by atoms with E-state index in [2.05, 4.69) is 22.3 Å². The molecule has 1 fully saturated rings. The third-order valence-electron chi connectivity index (χ3n) is 5.50. The fraction of sp³-hybridized carbons (Fsp3) is 0.400. The summed E-state index contributed by atoms with van der Waals surface area (Å²) in [6.45, 7) is 6.75. The largest absolute Gasteiger partial charge is 0.452 e. The number of hydrogen-bond donors (Lipinski definition) is 1. The lowest BCUT2D eigenvalue weighted by atomic mass is 10.2. The number of esters is 1. The van der Waals surface area contributed by atoms with E-state index in [1.165, 1.54) is 29.8 Å². The molecule has 2 aromatic rings. The SMILES string of the molecule is CC(OC(=O)C(C)SCC(=O)Nc1ccc(F)cc1)C(=O)N1CCN(Cc2ccccc2)CC1. The molecule has 0 bridgehead atoms. The highest BCUT2D eigenvalue weighted by atomic mass is 32.2. The van der Waals surface area contributed by atoms with E-state index in [0.29, 0.717) is 18.8 Å². The van der Waals surface area contributed by atoms with Gasteiger partial charge < -0.3 is 15.0 Å². The molecule has 3 rings (SSSR count). The number of amides is 2. The lowest BCUT2D eigenvalue weighted by Gasteiger charge is -2.35. The summed E-state index contributed by atoms with van der Waals surface area (Å²) in [5.74, 6) is -1.42. The van der Waals surface area contributed by atoms with E-state index >= 15 is 0 Å². The molecule has 1 saturated heterocycles. The average Bonchev–Trinajstić information content (AvgIpc) is 2.84. The number of nitrogens with one attached hydrogen (secondary N) is 1. The molecule has 1 heterocycles. The number of rotatable bonds is 9. The Bertz CT molecular complexity index is 966. The second kappa shape index (κ2) is 12.5. The van der Waals surface area contributed by atoms with Gasteiger partial charge in [-0.05, 0) is 43.7 Å². The molecule has 1 aliphatic rings. The first-order valence-electron chi connectivity index (χ1n) is 11.2. The van der Waals surface area contributed by atoms with Crippen LogP contribution in [0.3, 0.4) is 0 Å². The minimum absolute atomic E-state index is 0.0271. The summed E-state index contributed by atoms with van der Waals surface area (Å²) >= 11 is 1.11. The normalized spacial score (nSPS) is 15.9. The topological polar surface area (TPSA) is 78.9 Å². The number of ether oxygens (including phenoxy) is 1. The van der Waals surface area contributed by atoms with Crippen molar-refractivity contribution in [1.29, 1.82) is 0 Å². The summed E-state index contributed by atoms with van der Waals surface area (Å²) in [6.07, 6.45) is -0.885. The van der Waals surface area contributed by atoms with Gasteiger partial charge in [-0.25, -0.2) is 4.39 Å². The quantitative estimate of drug-likeness (QED) is 0.548. The smallest absolute Gasteiger partial charge is 0.319 e. The second-order valence-electron chi connectivity index (χ2n) is 8.17. The van der Waals surface area contributed by atoms with Crippen molar-refractivity contribution < 1.29 is 23.5 Å². The summed E-state index contributed by atoms with van der Waals surface area (Å²) in [4.78, 5) is 41.2. The Kier molecular flexibility index (Phi) is 9.47. The van der Waals surface area contributed by atoms with E-state index in [-0.39, 0.29) is 23.4 Å². The maximum Gasteiger partial charge on any atom is 0.319 e. The fourth-order valence-electron chi connectivity index (χ4n) is 3.54. The van der Waals surface area contributed by atoms with Crippen molar-refractivity contribution in [2.24, 2.45) is 0 Å². The van der Waals surface area contributed by atoms with Crippen LogP contribution >= 0.6 is 11.8 Å². The number of thioether (sulfide) groups is 1. The lowest BCUT2D eigenvalue weighted by molar-refractivity contribution is -0.159. The van der Waals surface area contributed by atoms with Crippen LogP contribution in [-0.2, 0) is 25.7 Å². The van der Waals surface area contributed by atoms with Gasteiger partial charge >= 0.3 is 5.97 Å². The molecular formula is C25H30FN3O4S. The zero-order chi connectivity index (χ0) is 24.5. The van der Waals surface area contributed by atoms with E-state index in [1.807, 2.05) is 18.2 Å². The average molecular weight is 488 g/mol. The summed E-state index contributed by atoms with van der Waals surface area (Å²) in [5.41, 5.74) is 1.72. The molecule has 2 amide bonds. The van der Waals surface area contributed by atoms with Gasteiger partial charge in [0.15, 0.2) is 6.10 Å². The molecule has 34 heavy (non-hydrogen) atoms. The molecular weight excluding hydrogens is 457 g/mol. The molecule has 7 nitrogen and oxygen atoms in total. The number of carbonyl (C=O) groups is 3. The maximum atomic E-state index is 12.9. The van der Waals surface area contributed by atoms with Crippen molar-refractivity contribution >= 4 is 35.2 Å². The molecule has 2 atom stereocenters. The fourth-order valence-corrected chi connectivity index (χ4v) is 4.21. The van der Waals surface area contributed by atoms with Crippen molar-refractivity contribution in [3.8, 4) is 0 Å². The van der Waals surface area contributed by atoms with Crippen molar-refractivity contribution in [2.45, 2.75) is 31.7 Å². The molecule has 2 aromatic carbocycles. The molecule has 0 radical (unpaired) electrons. The van der Waals surface area contributed by atoms with Gasteiger partial charge in [-0.1, -0.05) is 30.3 Å². The zero-order valence-electron chi connectivity index (χ0n) is 19.4. The zero-order valence-corrected chi connectivity index (χ0v) is 20.2. The van der Waals surface area contributed by atoms with Gasteiger partial charge in [-0.15, -0.1) is 11.8 Å². The Morgan fingerprint density at radius 2 is 1.65 bits per heavy atom. The number of piperazine rings is 1. The Labute approximate surface area is 203 Å². The molecule has 0 aromatic heterocycles. The Hall–Kier alpha value is -2.91. The maximum absolute atomic E-state index is 12.9. The Morgan fingerprint density at radius 1 is 1.00 bits per heavy atom. The van der Waals surface area contributed by atoms with Gasteiger partial charge in [-0.3, -0.25) is 19.3 Å². The summed E-state index contributed by atoms with van der Waals surface area (Å²) < 4.78 is 18.3. The molecule has 2 unspecified atom stereocenters. The van der Waals surface area contributed by atoms with Crippen LogP contribution in [-0.4, -0.2) is 70.9 Å². The number of benzene rings is 2. The first kappa shape index (κ1) is 25.7. The molecule has 0 spiro atoms. The van der Waals surface area contributed by atoms with Gasteiger partial charge in [0.1, 0.15) is 11.1 Å². The van der Waals surface area contributed by atoms with Crippen LogP contribution in [0.2, 0.25) is 0 Å². The first-order valence-corrected chi connectivity index (χ1v) is 12.3. The predicted octanol–water partition coefficient (Wildman–Crippen LogP) is 3.16. The number of hydrogen-bond acceptors (Lipinski definition) is 6. The van der Waals surface area contributed by atoms with Crippen molar-refractivity contribution in [1.82, 2.24) is 9.80 Å². The number of carbonyl (C=O) groups excluding carboxylic acids is 3. The highest BCUT2D eigenvalue weighted by Crippen LogP contribution is 2.16. The van der Waals surface area contributed by atoms with Crippen LogP contribution in [0.15, 0.2) is 54.6 Å². The molecule has 0 aliphatic carbocycles. The number of anilines is 1. The van der Waals surface area contributed by atoms with Crippen LogP contribution < -0.4 is 5.32 Å². The van der Waals surface area contributed by atoms with E-state index < -0.39 is 17.3 Å². The number of halogens is 1. The Balaban J connectivity index is 1.37. The predicted molar refractivity (Wildman–Crippen MR) is 131 cm³/mol. The highest BCUT2D eigenvalue weighted by molar-refractivity contribution is 8.01. The molecule has 0 saturated carbocycles. The lowest BCUT2D eigenvalue weighted by Crippen LogP contribution is -2.51. The van der Waals surface area contributed by atoms with Crippen molar-refractivity contribution in [2.75, 3.05) is 37.2 Å². The van der Waals surface area contributed by atoms with Gasteiger partial charge in [0.2, 0.25) is 5.91 Å². The summed E-state index contributed by atoms with van der Waals surface area (Å²) in [5, 5.41) is 2.03. The van der Waals surface area contributed by atoms with Gasteiger partial charge in [0.25, 0.3) is 5.91 Å². The van der Waals surface area contributed by atoms with E-state index in [1.54, 1.807) is 18.7 Å². The van der Waals surface area contributed by atoms with E-state index in [4.69, 9.17) is 4.74 Å². The van der Waals surface area contributed by atoms with Gasteiger partial charge in [-0.2, -0.15) is 0 Å². The monoisotopic (exact) mass is 487 g/mol. The standard InChI is InChI=1S/C25H30FN3O4S/c1-18(24(31)29-14-12-28(13-15-29)16-20-6-4-3-5-7-20)33-25(32)19(2)34-17-23(30)27-22-10-8-21(26)9-11-22/h3-11,18-19H,12-17H2,1-2H3,(H,27,30). The molecule has 1 N–H and O–H groups in total. The third kappa shape index (κ3) is 7.85. The van der Waals surface area contributed by atoms with Crippen molar-refractivity contribution in [3.63, 3.8) is 0 Å². The van der Waals surface area contributed by atoms with Crippen LogP contribution in [0.5, 0.6) is 0 Å². The summed E-state index contributed by atoms with van der Waals surface area (Å²) in [7, 11) is 0. The second-order valence-corrected chi connectivity index (χ2v) is 9.50. The van der Waals surface area contributed by atoms with Gasteiger partial charge in [0, 0.05) is 38.4 Å². The van der Waals surface area contributed by atoms with Crippen molar-refractivity contribution in [3.05, 3.63) is 66.0 Å². The highest BCUT2D eigenvalue weighted by Gasteiger charge is 2.28. The number of nitrogens with zero attached hydrogens (tertiary/aromatic N) is 2. The first-order chi connectivity index (χ1) is 16.3. The summed E-state index contributed by atoms with van der Waals surface area (Å²) in [6, 6.07) is 15.6. The Morgan fingerprint density at radius 3 is 2.29 bits per heavy atom. The minimum Gasteiger partial charge on any atom is -0.452 e. The van der Waals surface area contributed by atoms with E-state index in [0.717, 1.165) is 31.4 Å². The van der Waals surface area contributed by atoms with E-state index in [9.17, 15) is 18.8 Å².